The van der Waals surface area contributed by atoms with Gasteiger partial charge in [-0.3, -0.25) is 14.9 Å². The fourth-order valence-electron chi connectivity index (χ4n) is 7.27. The van der Waals surface area contributed by atoms with Gasteiger partial charge in [0.1, 0.15) is 0 Å². The van der Waals surface area contributed by atoms with Crippen LogP contribution in [0.3, 0.4) is 0 Å². The van der Waals surface area contributed by atoms with Crippen LogP contribution in [-0.4, -0.2) is 62.4 Å². The van der Waals surface area contributed by atoms with E-state index in [-0.39, 0.29) is 23.2 Å². The number of aromatic nitrogens is 3. The molecule has 3 aromatic rings. The first-order valence-electron chi connectivity index (χ1n) is 16.2. The van der Waals surface area contributed by atoms with Crippen molar-refractivity contribution in [2.24, 2.45) is 16.3 Å². The molecule has 0 amide bonds. The highest BCUT2D eigenvalue weighted by molar-refractivity contribution is 6.41. The van der Waals surface area contributed by atoms with Gasteiger partial charge in [-0.15, -0.1) is 0 Å². The van der Waals surface area contributed by atoms with Crippen LogP contribution in [0.2, 0.25) is 0 Å². The van der Waals surface area contributed by atoms with E-state index in [9.17, 15) is 9.90 Å². The molecule has 7 nitrogen and oxygen atoms in total. The van der Waals surface area contributed by atoms with Gasteiger partial charge < -0.3 is 10.0 Å². The molecular formula is C36H47N5O2. The highest BCUT2D eigenvalue weighted by Crippen LogP contribution is 2.39. The van der Waals surface area contributed by atoms with Crippen molar-refractivity contribution >= 4 is 17.2 Å². The Morgan fingerprint density at radius 1 is 1.09 bits per heavy atom. The lowest BCUT2D eigenvalue weighted by Gasteiger charge is -2.34. The van der Waals surface area contributed by atoms with E-state index in [1.165, 1.54) is 23.2 Å². The number of nitrogens with one attached hydrogen (secondary N) is 1. The van der Waals surface area contributed by atoms with Gasteiger partial charge in [0, 0.05) is 42.9 Å². The molecule has 0 bridgehead atoms. The van der Waals surface area contributed by atoms with Crippen LogP contribution in [0.1, 0.15) is 92.7 Å². The summed E-state index contributed by atoms with van der Waals surface area (Å²) in [6.45, 7) is 13.8. The van der Waals surface area contributed by atoms with Gasteiger partial charge in [0.15, 0.2) is 5.78 Å². The molecule has 2 N–H and O–H groups in total. The number of ketones is 1. The summed E-state index contributed by atoms with van der Waals surface area (Å²) < 4.78 is 0. The van der Waals surface area contributed by atoms with Crippen LogP contribution in [0.5, 0.6) is 0 Å². The third kappa shape index (κ3) is 6.53. The molecule has 2 aliphatic heterocycles. The Hall–Kier alpha value is -3.16. The standard InChI is InChI=1S/C36H47N5O2/c1-22-35(23(2)40-39-22)25-8-6-24(7-9-25)26(12-15-41-16-13-29(42)14-17-41)20-34(43)33-21-32-31(38-33)19-27-18-28(36(3,4)5)10-11-30(27)37-32/h6-9,19,26,28-29,42H,10-18,20-21H2,1-5H3,(H,39,40)/t26-,28-/m0/s1. The van der Waals surface area contributed by atoms with Crippen molar-refractivity contribution in [3.05, 3.63) is 64.2 Å². The van der Waals surface area contributed by atoms with Crippen LogP contribution in [-0.2, 0) is 24.1 Å². The molecule has 3 aliphatic rings. The molecule has 0 unspecified atom stereocenters. The maximum atomic E-state index is 13.8. The fourth-order valence-corrected chi connectivity index (χ4v) is 7.27. The van der Waals surface area contributed by atoms with E-state index in [4.69, 9.17) is 9.98 Å². The summed E-state index contributed by atoms with van der Waals surface area (Å²) in [4.78, 5) is 26.2. The van der Waals surface area contributed by atoms with Crippen molar-refractivity contribution in [2.45, 2.75) is 98.0 Å². The lowest BCUT2D eigenvalue weighted by molar-refractivity contribution is -0.113. The van der Waals surface area contributed by atoms with E-state index in [1.54, 1.807) is 0 Å². The number of carbonyl (C=O) groups is 1. The lowest BCUT2D eigenvalue weighted by atomic mass is 9.71. The molecule has 0 spiro atoms. The van der Waals surface area contributed by atoms with Crippen molar-refractivity contribution in [3.63, 3.8) is 0 Å². The Kier molecular flexibility index (Phi) is 8.40. The van der Waals surface area contributed by atoms with Crippen LogP contribution in [0.25, 0.3) is 11.1 Å². The van der Waals surface area contributed by atoms with Gasteiger partial charge in [-0.05, 0) is 98.9 Å². The van der Waals surface area contributed by atoms with Gasteiger partial charge in [-0.2, -0.15) is 5.10 Å². The Morgan fingerprint density at radius 2 is 1.84 bits per heavy atom. The number of aromatic amines is 1. The summed E-state index contributed by atoms with van der Waals surface area (Å²) in [6.07, 6.45) is 6.57. The van der Waals surface area contributed by atoms with E-state index in [0.717, 1.165) is 85.6 Å². The molecule has 7 heteroatoms. The number of aliphatic hydroxyl groups is 1. The second kappa shape index (κ2) is 12.1. The number of Topliss-reactive ketones (excluding diaryl/α,β-unsaturated/α-hetero) is 1. The largest absolute Gasteiger partial charge is 0.393 e. The zero-order valence-corrected chi connectivity index (χ0v) is 26.5. The number of carbonyl (C=O) groups excluding carboxylic acids is 1. The van der Waals surface area contributed by atoms with Gasteiger partial charge in [0.2, 0.25) is 0 Å². The number of fused-ring (bicyclic) bond motifs is 2. The lowest BCUT2D eigenvalue weighted by Crippen LogP contribution is -2.37. The highest BCUT2D eigenvalue weighted by Gasteiger charge is 2.32. The minimum absolute atomic E-state index is 0.0973. The van der Waals surface area contributed by atoms with Crippen molar-refractivity contribution in [1.29, 1.82) is 0 Å². The molecule has 0 saturated carbocycles. The monoisotopic (exact) mass is 581 g/mol. The summed E-state index contributed by atoms with van der Waals surface area (Å²) in [5.41, 5.74) is 10.8. The Labute approximate surface area is 256 Å². The molecule has 2 atom stereocenters. The quantitative estimate of drug-likeness (QED) is 0.319. The van der Waals surface area contributed by atoms with Crippen LogP contribution in [0, 0.1) is 25.2 Å². The van der Waals surface area contributed by atoms with E-state index in [0.29, 0.717) is 24.5 Å². The summed E-state index contributed by atoms with van der Waals surface area (Å²) in [5.74, 6) is 0.872. The predicted octanol–water partition coefficient (Wildman–Crippen LogP) is 6.46. The molecule has 2 aromatic heterocycles. The van der Waals surface area contributed by atoms with Gasteiger partial charge in [0.25, 0.3) is 0 Å². The van der Waals surface area contributed by atoms with E-state index >= 15 is 0 Å². The number of aryl methyl sites for hydroxylation is 3. The van der Waals surface area contributed by atoms with E-state index in [2.05, 4.69) is 73.1 Å². The minimum atomic E-state index is -0.184. The van der Waals surface area contributed by atoms with Crippen LogP contribution >= 0.6 is 0 Å². The first-order valence-corrected chi connectivity index (χ1v) is 16.2. The zero-order valence-electron chi connectivity index (χ0n) is 26.5. The summed E-state index contributed by atoms with van der Waals surface area (Å²) in [7, 11) is 0. The number of hydrogen-bond donors (Lipinski definition) is 2. The van der Waals surface area contributed by atoms with Crippen molar-refractivity contribution in [1.82, 2.24) is 20.1 Å². The molecule has 6 rings (SSSR count). The first kappa shape index (κ1) is 29.9. The molecular weight excluding hydrogens is 534 g/mol. The Bertz CT molecular complexity index is 1490. The van der Waals surface area contributed by atoms with Gasteiger partial charge in [-0.1, -0.05) is 45.0 Å². The summed E-state index contributed by atoms with van der Waals surface area (Å²) >= 11 is 0. The smallest absolute Gasteiger partial charge is 0.178 e. The SMILES string of the molecule is Cc1n[nH]c(C)c1-c1ccc([C@@H](CCN2CCC(O)CC2)CC(=O)C2=Nc3cc4c(nc3C2)CC[C@H](C(C)(C)C)C4)cc1. The number of aliphatic hydroxyl groups excluding tert-OH is 1. The second-order valence-corrected chi connectivity index (χ2v) is 14.2. The molecule has 1 aromatic carbocycles. The average Bonchev–Trinajstić information content (AvgIpc) is 3.55. The normalized spacial score (nSPS) is 20.0. The predicted molar refractivity (Wildman–Crippen MR) is 172 cm³/mol. The molecule has 0 radical (unpaired) electrons. The Balaban J connectivity index is 1.19. The number of hydrogen-bond acceptors (Lipinski definition) is 6. The van der Waals surface area contributed by atoms with Crippen LogP contribution < -0.4 is 0 Å². The maximum Gasteiger partial charge on any atom is 0.178 e. The Morgan fingerprint density at radius 3 is 2.51 bits per heavy atom. The number of pyridine rings is 1. The number of rotatable bonds is 8. The highest BCUT2D eigenvalue weighted by atomic mass is 16.3. The number of H-pyrrole nitrogens is 1. The number of aliphatic imine (C=N–C) groups is 1. The van der Waals surface area contributed by atoms with Crippen LogP contribution in [0.15, 0.2) is 35.3 Å². The summed E-state index contributed by atoms with van der Waals surface area (Å²) in [6, 6.07) is 10.9. The van der Waals surface area contributed by atoms with Gasteiger partial charge in [0.05, 0.1) is 28.9 Å². The van der Waals surface area contributed by atoms with Crippen molar-refractivity contribution in [2.75, 3.05) is 19.6 Å². The van der Waals surface area contributed by atoms with Crippen LogP contribution in [0.4, 0.5) is 5.69 Å². The van der Waals surface area contributed by atoms with Crippen molar-refractivity contribution in [3.8, 4) is 11.1 Å². The zero-order chi connectivity index (χ0) is 30.3. The van der Waals surface area contributed by atoms with E-state index in [1.807, 2.05) is 6.92 Å². The van der Waals surface area contributed by atoms with Gasteiger partial charge >= 0.3 is 0 Å². The molecule has 1 saturated heterocycles. The minimum Gasteiger partial charge on any atom is -0.393 e. The number of benzene rings is 1. The fraction of sp³-hybridized carbons (Fsp3) is 0.556. The van der Waals surface area contributed by atoms with Crippen molar-refractivity contribution < 1.29 is 9.90 Å². The van der Waals surface area contributed by atoms with Gasteiger partial charge in [-0.25, -0.2) is 4.99 Å². The van der Waals surface area contributed by atoms with E-state index < -0.39 is 0 Å². The molecule has 228 valence electrons. The number of nitrogens with zero attached hydrogens (tertiary/aromatic N) is 4. The third-order valence-electron chi connectivity index (χ3n) is 10.2. The number of likely N-dealkylation sites (tertiary alicyclic amines) is 1. The molecule has 1 aliphatic carbocycles. The topological polar surface area (TPSA) is 94.5 Å². The summed E-state index contributed by atoms with van der Waals surface area (Å²) in [5, 5.41) is 17.4. The molecule has 43 heavy (non-hydrogen) atoms. The average molecular weight is 582 g/mol. The first-order chi connectivity index (χ1) is 20.5. The molecule has 1 fully saturated rings. The number of piperidine rings is 1. The third-order valence-corrected chi connectivity index (χ3v) is 10.2. The maximum absolute atomic E-state index is 13.8. The second-order valence-electron chi connectivity index (χ2n) is 14.2. The molecule has 4 heterocycles.